The average molecular weight is 379 g/mol. The second-order valence-corrected chi connectivity index (χ2v) is 6.22. The molecule has 0 bridgehead atoms. The van der Waals surface area contributed by atoms with Gasteiger partial charge in [0.25, 0.3) is 5.91 Å². The zero-order chi connectivity index (χ0) is 18.8. The van der Waals surface area contributed by atoms with Gasteiger partial charge >= 0.3 is 0 Å². The van der Waals surface area contributed by atoms with Crippen molar-refractivity contribution < 1.29 is 9.53 Å². The van der Waals surface area contributed by atoms with E-state index in [1.807, 2.05) is 36.4 Å². The maximum absolute atomic E-state index is 12.4. The van der Waals surface area contributed by atoms with Gasteiger partial charge in [0.05, 0.1) is 29.6 Å². The highest BCUT2D eigenvalue weighted by Crippen LogP contribution is 2.23. The van der Waals surface area contributed by atoms with Gasteiger partial charge in [0, 0.05) is 5.56 Å². The van der Waals surface area contributed by atoms with E-state index in [2.05, 4.69) is 15.4 Å². The number of anilines is 1. The number of amides is 1. The minimum Gasteiger partial charge on any atom is -0.497 e. The van der Waals surface area contributed by atoms with Crippen LogP contribution in [0.2, 0.25) is 5.02 Å². The number of nitrogens with zero attached hydrogens (tertiary/aromatic N) is 3. The first-order valence-corrected chi connectivity index (χ1v) is 8.58. The molecule has 1 amide bonds. The van der Waals surface area contributed by atoms with Crippen LogP contribution in [0.15, 0.2) is 66.9 Å². The number of benzene rings is 2. The Labute approximate surface area is 160 Å². The minimum atomic E-state index is -0.322. The van der Waals surface area contributed by atoms with Crippen LogP contribution in [0.5, 0.6) is 5.75 Å². The molecule has 0 aliphatic carbocycles. The van der Waals surface area contributed by atoms with E-state index in [0.29, 0.717) is 22.1 Å². The van der Waals surface area contributed by atoms with Crippen molar-refractivity contribution in [2.75, 3.05) is 12.4 Å². The number of aromatic nitrogens is 3. The van der Waals surface area contributed by atoms with Crippen molar-refractivity contribution in [3.63, 3.8) is 0 Å². The van der Waals surface area contributed by atoms with Gasteiger partial charge in [-0.05, 0) is 36.4 Å². The number of ether oxygens (including phenoxy) is 1. The van der Waals surface area contributed by atoms with Crippen molar-refractivity contribution in [2.24, 2.45) is 0 Å². The Hall–Kier alpha value is -3.38. The summed E-state index contributed by atoms with van der Waals surface area (Å²) >= 11 is 6.07. The van der Waals surface area contributed by atoms with Crippen LogP contribution < -0.4 is 10.1 Å². The van der Waals surface area contributed by atoms with Crippen LogP contribution in [0.4, 0.5) is 5.82 Å². The highest BCUT2D eigenvalue weighted by molar-refractivity contribution is 6.34. The van der Waals surface area contributed by atoms with Gasteiger partial charge in [-0.1, -0.05) is 35.9 Å². The van der Waals surface area contributed by atoms with Gasteiger partial charge in [-0.3, -0.25) is 4.79 Å². The molecule has 1 N–H and O–H groups in total. The summed E-state index contributed by atoms with van der Waals surface area (Å²) in [5, 5.41) is 7.70. The Bertz CT molecular complexity index is 1140. The Morgan fingerprint density at radius 1 is 1.11 bits per heavy atom. The third-order valence-corrected chi connectivity index (χ3v) is 4.38. The van der Waals surface area contributed by atoms with Crippen LogP contribution in [-0.2, 0) is 0 Å². The first kappa shape index (κ1) is 17.1. The number of fused-ring (bicyclic) bond motifs is 1. The van der Waals surface area contributed by atoms with Gasteiger partial charge in [-0.2, -0.15) is 5.10 Å². The Morgan fingerprint density at radius 2 is 1.96 bits per heavy atom. The summed E-state index contributed by atoms with van der Waals surface area (Å²) in [5.74, 6) is 0.833. The van der Waals surface area contributed by atoms with Gasteiger partial charge in [-0.25, -0.2) is 9.50 Å². The Balaban J connectivity index is 1.63. The molecule has 0 atom stereocenters. The quantitative estimate of drug-likeness (QED) is 0.574. The first-order chi connectivity index (χ1) is 13.1. The molecular formula is C20H15ClN4O2. The molecule has 4 rings (SSSR count). The molecule has 6 nitrogen and oxygen atoms in total. The number of carbonyl (C=O) groups is 1. The van der Waals surface area contributed by atoms with E-state index in [1.165, 1.54) is 0 Å². The van der Waals surface area contributed by atoms with Crippen molar-refractivity contribution in [2.45, 2.75) is 0 Å². The number of halogens is 1. The lowest BCUT2D eigenvalue weighted by atomic mass is 10.1. The largest absolute Gasteiger partial charge is 0.497 e. The second kappa shape index (κ2) is 7.09. The summed E-state index contributed by atoms with van der Waals surface area (Å²) in [6.45, 7) is 0. The highest BCUT2D eigenvalue weighted by atomic mass is 35.5. The Morgan fingerprint density at radius 3 is 2.78 bits per heavy atom. The number of nitrogens with one attached hydrogen (secondary N) is 1. The van der Waals surface area contributed by atoms with Gasteiger partial charge in [0.1, 0.15) is 5.75 Å². The minimum absolute atomic E-state index is 0.322. The van der Waals surface area contributed by atoms with Crippen LogP contribution in [0.25, 0.3) is 16.9 Å². The van der Waals surface area contributed by atoms with E-state index in [-0.39, 0.29) is 5.91 Å². The highest BCUT2D eigenvalue weighted by Gasteiger charge is 2.12. The van der Waals surface area contributed by atoms with Crippen LogP contribution in [0, 0.1) is 0 Å². The topological polar surface area (TPSA) is 68.5 Å². The molecule has 0 aliphatic heterocycles. The number of hydrogen-bond acceptors (Lipinski definition) is 4. The molecule has 0 unspecified atom stereocenters. The molecule has 2 heterocycles. The number of carbonyl (C=O) groups excluding carboxylic acids is 1. The lowest BCUT2D eigenvalue weighted by Crippen LogP contribution is -2.12. The molecule has 4 aromatic rings. The SMILES string of the molecule is COc1cccc(-c2ccc3nc(NC(=O)c4ccccc4Cl)cn3n2)c1. The van der Waals surface area contributed by atoms with Gasteiger partial charge < -0.3 is 10.1 Å². The molecule has 0 radical (unpaired) electrons. The predicted octanol–water partition coefficient (Wildman–Crippen LogP) is 4.31. The van der Waals surface area contributed by atoms with E-state index < -0.39 is 0 Å². The van der Waals surface area contributed by atoms with E-state index in [0.717, 1.165) is 17.0 Å². The standard InChI is InChI=1S/C20H15ClN4O2/c1-27-14-6-4-5-13(11-14)17-9-10-19-22-18(12-25(19)24-17)23-20(26)15-7-2-3-8-16(15)21/h2-12H,1H3,(H,23,26). The molecular weight excluding hydrogens is 364 g/mol. The smallest absolute Gasteiger partial charge is 0.258 e. The normalized spacial score (nSPS) is 10.7. The summed E-state index contributed by atoms with van der Waals surface area (Å²) < 4.78 is 6.88. The van der Waals surface area contributed by atoms with Crippen molar-refractivity contribution in [1.82, 2.24) is 14.6 Å². The second-order valence-electron chi connectivity index (χ2n) is 5.81. The van der Waals surface area contributed by atoms with E-state index >= 15 is 0 Å². The van der Waals surface area contributed by atoms with Crippen molar-refractivity contribution >= 4 is 29.0 Å². The molecule has 2 aromatic carbocycles. The summed E-state index contributed by atoms with van der Waals surface area (Å²) in [6.07, 6.45) is 1.66. The molecule has 2 aromatic heterocycles. The van der Waals surface area contributed by atoms with E-state index in [9.17, 15) is 4.79 Å². The zero-order valence-corrected chi connectivity index (χ0v) is 15.1. The lowest BCUT2D eigenvalue weighted by molar-refractivity contribution is 0.102. The van der Waals surface area contributed by atoms with E-state index in [1.54, 1.807) is 42.1 Å². The molecule has 0 saturated heterocycles. The summed E-state index contributed by atoms with van der Waals surface area (Å²) in [4.78, 5) is 16.8. The number of methoxy groups -OCH3 is 1. The van der Waals surface area contributed by atoms with Crippen molar-refractivity contribution in [3.8, 4) is 17.0 Å². The van der Waals surface area contributed by atoms with Crippen molar-refractivity contribution in [1.29, 1.82) is 0 Å². The fourth-order valence-corrected chi connectivity index (χ4v) is 2.93. The molecule has 0 saturated carbocycles. The average Bonchev–Trinajstić information content (AvgIpc) is 3.09. The molecule has 7 heteroatoms. The molecule has 27 heavy (non-hydrogen) atoms. The molecule has 0 aliphatic rings. The maximum Gasteiger partial charge on any atom is 0.258 e. The third kappa shape index (κ3) is 3.47. The lowest BCUT2D eigenvalue weighted by Gasteiger charge is -2.04. The van der Waals surface area contributed by atoms with Gasteiger partial charge in [0.2, 0.25) is 0 Å². The summed E-state index contributed by atoms with van der Waals surface area (Å²) in [6, 6.07) is 18.2. The summed E-state index contributed by atoms with van der Waals surface area (Å²) in [7, 11) is 1.62. The maximum atomic E-state index is 12.4. The summed E-state index contributed by atoms with van der Waals surface area (Å²) in [5.41, 5.74) is 2.70. The third-order valence-electron chi connectivity index (χ3n) is 4.05. The van der Waals surface area contributed by atoms with Crippen LogP contribution in [-0.4, -0.2) is 27.6 Å². The fourth-order valence-electron chi connectivity index (χ4n) is 2.71. The zero-order valence-electron chi connectivity index (χ0n) is 14.4. The number of rotatable bonds is 4. The van der Waals surface area contributed by atoms with Crippen LogP contribution in [0.3, 0.4) is 0 Å². The van der Waals surface area contributed by atoms with Gasteiger partial charge in [-0.15, -0.1) is 0 Å². The van der Waals surface area contributed by atoms with Crippen molar-refractivity contribution in [3.05, 3.63) is 77.4 Å². The predicted molar refractivity (Wildman–Crippen MR) is 104 cm³/mol. The fraction of sp³-hybridized carbons (Fsp3) is 0.0500. The number of imidazole rings is 1. The van der Waals surface area contributed by atoms with E-state index in [4.69, 9.17) is 16.3 Å². The first-order valence-electron chi connectivity index (χ1n) is 8.21. The molecule has 0 fully saturated rings. The number of hydrogen-bond donors (Lipinski definition) is 1. The monoisotopic (exact) mass is 378 g/mol. The van der Waals surface area contributed by atoms with Crippen LogP contribution in [0.1, 0.15) is 10.4 Å². The molecule has 134 valence electrons. The molecule has 0 spiro atoms. The van der Waals surface area contributed by atoms with Gasteiger partial charge in [0.15, 0.2) is 11.5 Å². The van der Waals surface area contributed by atoms with Crippen LogP contribution >= 0.6 is 11.6 Å². The Kier molecular flexibility index (Phi) is 4.48.